The molecule has 2 aromatic heterocycles. The van der Waals surface area contributed by atoms with E-state index in [0.29, 0.717) is 22.5 Å². The summed E-state index contributed by atoms with van der Waals surface area (Å²) in [4.78, 5) is 31.6. The molecular formula is C20H19N3O3. The number of aromatic nitrogens is 2. The highest BCUT2D eigenvalue weighted by Crippen LogP contribution is 2.41. The second-order valence-electron chi connectivity index (χ2n) is 6.61. The Kier molecular flexibility index (Phi) is 3.66. The molecule has 6 nitrogen and oxygen atoms in total. The van der Waals surface area contributed by atoms with Crippen LogP contribution in [0.15, 0.2) is 42.6 Å². The van der Waals surface area contributed by atoms with Crippen molar-refractivity contribution in [3.05, 3.63) is 65.1 Å². The minimum Gasteiger partial charge on any atom is -0.382 e. The molecule has 26 heavy (non-hydrogen) atoms. The quantitative estimate of drug-likeness (QED) is 0.733. The Balaban J connectivity index is 2.06. The van der Waals surface area contributed by atoms with E-state index in [2.05, 4.69) is 4.98 Å². The fourth-order valence-electron chi connectivity index (χ4n) is 3.68. The molecule has 1 aromatic carbocycles. The van der Waals surface area contributed by atoms with Crippen molar-refractivity contribution >= 4 is 23.0 Å². The number of hydrogen-bond acceptors (Lipinski definition) is 4. The number of ketones is 1. The maximum absolute atomic E-state index is 12.9. The molecule has 0 bridgehead atoms. The number of fused-ring (bicyclic) bond motifs is 3. The predicted molar refractivity (Wildman–Crippen MR) is 97.3 cm³/mol. The SMILES string of the molecule is CC(=O)N1c2c(ccn3c(C)c(C)nc23)C(=O)[C@H](O)[C@H]1c1ccccc1. The Hall–Kier alpha value is -2.99. The smallest absolute Gasteiger partial charge is 0.224 e. The number of pyridine rings is 1. The molecule has 1 aliphatic heterocycles. The number of Topliss-reactive ketones (excluding diaryl/α,β-unsaturated/α-hetero) is 1. The second kappa shape index (κ2) is 5.78. The lowest BCUT2D eigenvalue weighted by molar-refractivity contribution is -0.117. The standard InChI is InChI=1S/C20H19N3O3/c1-11-12(2)22-10-9-15-17(20(22)21-11)23(13(3)24)16(19(26)18(15)25)14-7-5-4-6-8-14/h4-10,16,19,26H,1-3H3/t16-,19-/m1/s1. The van der Waals surface area contributed by atoms with E-state index in [1.165, 1.54) is 11.8 Å². The van der Waals surface area contributed by atoms with Crippen LogP contribution in [0.5, 0.6) is 0 Å². The first kappa shape index (κ1) is 16.5. The van der Waals surface area contributed by atoms with Crippen LogP contribution in [-0.2, 0) is 4.79 Å². The van der Waals surface area contributed by atoms with E-state index in [4.69, 9.17) is 0 Å². The summed E-state index contributed by atoms with van der Waals surface area (Å²) in [6.07, 6.45) is 0.434. The van der Waals surface area contributed by atoms with Crippen molar-refractivity contribution in [2.45, 2.75) is 32.9 Å². The summed E-state index contributed by atoms with van der Waals surface area (Å²) in [6.45, 7) is 5.27. The molecule has 2 atom stereocenters. The van der Waals surface area contributed by atoms with Crippen LogP contribution in [0.25, 0.3) is 5.65 Å². The number of aliphatic hydroxyl groups is 1. The number of imidazole rings is 1. The first-order valence-electron chi connectivity index (χ1n) is 8.47. The van der Waals surface area contributed by atoms with Gasteiger partial charge in [-0.05, 0) is 25.5 Å². The minimum atomic E-state index is -1.33. The lowest BCUT2D eigenvalue weighted by Gasteiger charge is -2.39. The molecule has 3 aromatic rings. The third-order valence-corrected chi connectivity index (χ3v) is 5.08. The van der Waals surface area contributed by atoms with Gasteiger partial charge in [0.05, 0.1) is 17.4 Å². The molecule has 0 fully saturated rings. The number of anilines is 1. The second-order valence-corrected chi connectivity index (χ2v) is 6.61. The average Bonchev–Trinajstić information content (AvgIpc) is 2.92. The van der Waals surface area contributed by atoms with Crippen LogP contribution in [0.3, 0.4) is 0 Å². The maximum atomic E-state index is 12.9. The van der Waals surface area contributed by atoms with Crippen molar-refractivity contribution in [2.24, 2.45) is 0 Å². The lowest BCUT2D eigenvalue weighted by Crippen LogP contribution is -2.48. The zero-order valence-corrected chi connectivity index (χ0v) is 14.8. The molecule has 0 saturated heterocycles. The summed E-state index contributed by atoms with van der Waals surface area (Å²) in [5, 5.41) is 10.7. The highest BCUT2D eigenvalue weighted by molar-refractivity contribution is 6.14. The van der Waals surface area contributed by atoms with Crippen molar-refractivity contribution in [3.8, 4) is 0 Å². The summed E-state index contributed by atoms with van der Waals surface area (Å²) in [5.41, 5.74) is 3.81. The van der Waals surface area contributed by atoms with Crippen LogP contribution in [0, 0.1) is 13.8 Å². The Morgan fingerprint density at radius 3 is 2.50 bits per heavy atom. The minimum absolute atomic E-state index is 0.252. The van der Waals surface area contributed by atoms with Gasteiger partial charge in [-0.2, -0.15) is 0 Å². The topological polar surface area (TPSA) is 74.9 Å². The molecule has 0 saturated carbocycles. The third-order valence-electron chi connectivity index (χ3n) is 5.08. The van der Waals surface area contributed by atoms with Gasteiger partial charge >= 0.3 is 0 Å². The molecule has 132 valence electrons. The molecule has 3 heterocycles. The first-order valence-corrected chi connectivity index (χ1v) is 8.47. The van der Waals surface area contributed by atoms with Gasteiger partial charge in [-0.25, -0.2) is 4.98 Å². The van der Waals surface area contributed by atoms with Crippen LogP contribution in [0.2, 0.25) is 0 Å². The lowest BCUT2D eigenvalue weighted by atomic mass is 9.88. The summed E-state index contributed by atoms with van der Waals surface area (Å²) >= 11 is 0. The number of benzene rings is 1. The molecule has 0 radical (unpaired) electrons. The maximum Gasteiger partial charge on any atom is 0.224 e. The average molecular weight is 349 g/mol. The van der Waals surface area contributed by atoms with Gasteiger partial charge in [0.1, 0.15) is 6.10 Å². The van der Waals surface area contributed by atoms with E-state index >= 15 is 0 Å². The molecule has 1 amide bonds. The number of hydrogen-bond donors (Lipinski definition) is 1. The van der Waals surface area contributed by atoms with E-state index in [-0.39, 0.29) is 5.91 Å². The zero-order valence-electron chi connectivity index (χ0n) is 14.8. The molecular weight excluding hydrogens is 330 g/mol. The largest absolute Gasteiger partial charge is 0.382 e. The van der Waals surface area contributed by atoms with Crippen LogP contribution in [0.4, 0.5) is 5.69 Å². The first-order chi connectivity index (χ1) is 12.4. The van der Waals surface area contributed by atoms with E-state index in [9.17, 15) is 14.7 Å². The van der Waals surface area contributed by atoms with Gasteiger partial charge in [0.2, 0.25) is 5.91 Å². The number of aryl methyl sites for hydroxylation is 2. The van der Waals surface area contributed by atoms with Gasteiger partial charge in [0.25, 0.3) is 0 Å². The van der Waals surface area contributed by atoms with Gasteiger partial charge in [-0.3, -0.25) is 14.5 Å². The monoisotopic (exact) mass is 349 g/mol. The van der Waals surface area contributed by atoms with Gasteiger partial charge in [0, 0.05) is 24.4 Å². The highest BCUT2D eigenvalue weighted by Gasteiger charge is 2.43. The molecule has 6 heteroatoms. The Labute approximate surface area is 150 Å². The van der Waals surface area contributed by atoms with E-state index in [0.717, 1.165) is 11.4 Å². The highest BCUT2D eigenvalue weighted by atomic mass is 16.3. The van der Waals surface area contributed by atoms with Gasteiger partial charge in [0.15, 0.2) is 11.4 Å². The van der Waals surface area contributed by atoms with Crippen LogP contribution < -0.4 is 4.90 Å². The van der Waals surface area contributed by atoms with Crippen molar-refractivity contribution in [2.75, 3.05) is 4.90 Å². The summed E-state index contributed by atoms with van der Waals surface area (Å²) < 4.78 is 1.87. The summed E-state index contributed by atoms with van der Waals surface area (Å²) in [6, 6.07) is 9.99. The fourth-order valence-corrected chi connectivity index (χ4v) is 3.68. The van der Waals surface area contributed by atoms with Crippen molar-refractivity contribution < 1.29 is 14.7 Å². The predicted octanol–water partition coefficient (Wildman–Crippen LogP) is 2.60. The van der Waals surface area contributed by atoms with Crippen molar-refractivity contribution in [3.63, 3.8) is 0 Å². The zero-order chi connectivity index (χ0) is 18.6. The molecule has 1 aliphatic rings. The number of aliphatic hydroxyl groups excluding tert-OH is 1. The summed E-state index contributed by atoms with van der Waals surface area (Å²) in [7, 11) is 0. The molecule has 1 N–H and O–H groups in total. The summed E-state index contributed by atoms with van der Waals surface area (Å²) in [5.74, 6) is -0.648. The van der Waals surface area contributed by atoms with E-state index in [1.54, 1.807) is 12.3 Å². The van der Waals surface area contributed by atoms with E-state index < -0.39 is 17.9 Å². The van der Waals surface area contributed by atoms with Crippen LogP contribution >= 0.6 is 0 Å². The Morgan fingerprint density at radius 2 is 1.85 bits per heavy atom. The van der Waals surface area contributed by atoms with Crippen molar-refractivity contribution in [1.82, 2.24) is 9.38 Å². The number of rotatable bonds is 1. The fraction of sp³-hybridized carbons (Fsp3) is 0.250. The number of carbonyl (C=O) groups is 2. The van der Waals surface area contributed by atoms with Crippen LogP contribution in [0.1, 0.15) is 40.3 Å². The molecule has 0 spiro atoms. The number of carbonyl (C=O) groups excluding carboxylic acids is 2. The third kappa shape index (κ3) is 2.19. The van der Waals surface area contributed by atoms with Crippen LogP contribution in [-0.4, -0.2) is 32.3 Å². The number of nitrogens with zero attached hydrogens (tertiary/aromatic N) is 3. The molecule has 0 aliphatic carbocycles. The molecule has 0 unspecified atom stereocenters. The van der Waals surface area contributed by atoms with Crippen molar-refractivity contribution in [1.29, 1.82) is 0 Å². The van der Waals surface area contributed by atoms with Gasteiger partial charge in [-0.1, -0.05) is 30.3 Å². The van der Waals surface area contributed by atoms with Gasteiger partial charge < -0.3 is 9.51 Å². The van der Waals surface area contributed by atoms with Gasteiger partial charge in [-0.15, -0.1) is 0 Å². The number of amides is 1. The van der Waals surface area contributed by atoms with E-state index in [1.807, 2.05) is 48.6 Å². The Bertz CT molecular complexity index is 1040. The molecule has 4 rings (SSSR count). The normalized spacial score (nSPS) is 19.7. The Morgan fingerprint density at radius 1 is 1.15 bits per heavy atom.